The third-order valence-corrected chi connectivity index (χ3v) is 4.91. The quantitative estimate of drug-likeness (QED) is 0.862. The molecule has 1 aliphatic heterocycles. The highest BCUT2D eigenvalue weighted by atomic mass is 16.4. The summed E-state index contributed by atoms with van der Waals surface area (Å²) in [5.74, 6) is -1.40. The summed E-state index contributed by atoms with van der Waals surface area (Å²) in [5.41, 5.74) is 1.51. The molecule has 24 heavy (non-hydrogen) atoms. The van der Waals surface area contributed by atoms with Gasteiger partial charge in [0.25, 0.3) is 5.91 Å². The van der Waals surface area contributed by atoms with E-state index in [1.165, 1.54) is 0 Å². The van der Waals surface area contributed by atoms with Crippen molar-refractivity contribution in [3.05, 3.63) is 35.4 Å². The summed E-state index contributed by atoms with van der Waals surface area (Å²) in [4.78, 5) is 37.0. The van der Waals surface area contributed by atoms with Crippen molar-refractivity contribution in [2.45, 2.75) is 44.7 Å². The molecule has 1 saturated carbocycles. The number of nitrogens with zero attached hydrogens (tertiary/aromatic N) is 1. The number of nitrogens with one attached hydrogen (secondary N) is 1. The van der Waals surface area contributed by atoms with E-state index in [-0.39, 0.29) is 17.9 Å². The Kier molecular flexibility index (Phi) is 4.83. The van der Waals surface area contributed by atoms with E-state index in [9.17, 15) is 19.5 Å². The highest BCUT2D eigenvalue weighted by Crippen LogP contribution is 2.26. The monoisotopic (exact) mass is 330 g/mol. The second-order valence-corrected chi connectivity index (χ2v) is 6.57. The Balaban J connectivity index is 1.59. The van der Waals surface area contributed by atoms with Crippen LogP contribution in [0.25, 0.3) is 0 Å². The molecule has 1 heterocycles. The molecule has 0 aromatic heterocycles. The first-order valence-corrected chi connectivity index (χ1v) is 8.45. The number of hydrogen-bond donors (Lipinski definition) is 2. The largest absolute Gasteiger partial charge is 0.481 e. The molecule has 128 valence electrons. The molecule has 1 aliphatic carbocycles. The Morgan fingerprint density at radius 3 is 2.54 bits per heavy atom. The van der Waals surface area contributed by atoms with Gasteiger partial charge in [0.1, 0.15) is 0 Å². The van der Waals surface area contributed by atoms with Crippen LogP contribution in [0.3, 0.4) is 0 Å². The number of rotatable bonds is 5. The van der Waals surface area contributed by atoms with Crippen LogP contribution >= 0.6 is 0 Å². The SMILES string of the molecule is O=C(N[C@H]1CCC[C@H]1C(=O)O)c1ccc(CN2CCCC2=O)cc1. The van der Waals surface area contributed by atoms with E-state index >= 15 is 0 Å². The standard InChI is InChI=1S/C18H22N2O4/c21-16-5-2-10-20(16)11-12-6-8-13(9-7-12)17(22)19-15-4-1-3-14(15)18(23)24/h6-9,14-15H,1-5,10-11H2,(H,19,22)(H,23,24)/t14-,15+/m1/s1. The van der Waals surface area contributed by atoms with E-state index < -0.39 is 11.9 Å². The molecule has 6 heteroatoms. The number of amides is 2. The molecule has 0 bridgehead atoms. The summed E-state index contributed by atoms with van der Waals surface area (Å²) in [7, 11) is 0. The molecule has 1 aromatic rings. The van der Waals surface area contributed by atoms with Gasteiger partial charge in [-0.15, -0.1) is 0 Å². The lowest BCUT2D eigenvalue weighted by atomic mass is 10.0. The van der Waals surface area contributed by atoms with Crippen LogP contribution in [0, 0.1) is 5.92 Å². The molecule has 2 aliphatic rings. The molecule has 1 saturated heterocycles. The zero-order valence-corrected chi connectivity index (χ0v) is 13.5. The third-order valence-electron chi connectivity index (χ3n) is 4.91. The topological polar surface area (TPSA) is 86.7 Å². The van der Waals surface area contributed by atoms with Crippen molar-refractivity contribution in [3.63, 3.8) is 0 Å². The smallest absolute Gasteiger partial charge is 0.308 e. The minimum absolute atomic E-state index is 0.178. The third kappa shape index (κ3) is 3.58. The van der Waals surface area contributed by atoms with Gasteiger partial charge < -0.3 is 15.3 Å². The van der Waals surface area contributed by atoms with Gasteiger partial charge in [-0.2, -0.15) is 0 Å². The predicted octanol–water partition coefficient (Wildman–Crippen LogP) is 1.79. The van der Waals surface area contributed by atoms with E-state index in [4.69, 9.17) is 0 Å². The van der Waals surface area contributed by atoms with Gasteiger partial charge in [-0.1, -0.05) is 18.6 Å². The summed E-state index contributed by atoms with van der Waals surface area (Å²) in [6.07, 6.45) is 3.67. The summed E-state index contributed by atoms with van der Waals surface area (Å²) in [6.45, 7) is 1.36. The Hall–Kier alpha value is -2.37. The van der Waals surface area contributed by atoms with Crippen LogP contribution in [0.15, 0.2) is 24.3 Å². The Morgan fingerprint density at radius 2 is 1.92 bits per heavy atom. The van der Waals surface area contributed by atoms with E-state index in [1.54, 1.807) is 12.1 Å². The highest BCUT2D eigenvalue weighted by Gasteiger charge is 2.34. The van der Waals surface area contributed by atoms with Crippen LogP contribution in [0.1, 0.15) is 48.0 Å². The van der Waals surface area contributed by atoms with Gasteiger partial charge in [0.2, 0.25) is 5.91 Å². The molecule has 0 radical (unpaired) electrons. The van der Waals surface area contributed by atoms with Gasteiger partial charge in [-0.25, -0.2) is 0 Å². The number of aliphatic carboxylic acids is 1. The minimum Gasteiger partial charge on any atom is -0.481 e. The van der Waals surface area contributed by atoms with Gasteiger partial charge in [-0.05, 0) is 37.0 Å². The molecule has 6 nitrogen and oxygen atoms in total. The molecule has 0 unspecified atom stereocenters. The van der Waals surface area contributed by atoms with Gasteiger partial charge in [-0.3, -0.25) is 14.4 Å². The molecular formula is C18H22N2O4. The Morgan fingerprint density at radius 1 is 1.17 bits per heavy atom. The van der Waals surface area contributed by atoms with E-state index in [0.717, 1.165) is 24.9 Å². The van der Waals surface area contributed by atoms with Gasteiger partial charge >= 0.3 is 5.97 Å². The second-order valence-electron chi connectivity index (χ2n) is 6.57. The van der Waals surface area contributed by atoms with Crippen molar-refractivity contribution in [2.75, 3.05) is 6.54 Å². The highest BCUT2D eigenvalue weighted by molar-refractivity contribution is 5.94. The zero-order valence-electron chi connectivity index (χ0n) is 13.5. The van der Waals surface area contributed by atoms with Crippen molar-refractivity contribution in [3.8, 4) is 0 Å². The average molecular weight is 330 g/mol. The number of benzene rings is 1. The lowest BCUT2D eigenvalue weighted by Gasteiger charge is -2.18. The fraction of sp³-hybridized carbons (Fsp3) is 0.500. The molecule has 2 atom stereocenters. The van der Waals surface area contributed by atoms with Crippen molar-refractivity contribution < 1.29 is 19.5 Å². The summed E-state index contributed by atoms with van der Waals surface area (Å²) >= 11 is 0. The van der Waals surface area contributed by atoms with Crippen molar-refractivity contribution in [1.29, 1.82) is 0 Å². The Bertz CT molecular complexity index is 641. The lowest BCUT2D eigenvalue weighted by Crippen LogP contribution is -2.40. The lowest BCUT2D eigenvalue weighted by molar-refractivity contribution is -0.142. The van der Waals surface area contributed by atoms with Crippen LogP contribution in [0.5, 0.6) is 0 Å². The molecular weight excluding hydrogens is 308 g/mol. The maximum atomic E-state index is 12.3. The van der Waals surface area contributed by atoms with Crippen LogP contribution in [-0.4, -0.2) is 40.4 Å². The van der Waals surface area contributed by atoms with Crippen LogP contribution in [0.4, 0.5) is 0 Å². The minimum atomic E-state index is -0.844. The second kappa shape index (κ2) is 7.03. The first-order valence-electron chi connectivity index (χ1n) is 8.45. The maximum absolute atomic E-state index is 12.3. The maximum Gasteiger partial charge on any atom is 0.308 e. The first-order chi connectivity index (χ1) is 11.5. The average Bonchev–Trinajstić information content (AvgIpc) is 3.18. The number of carboxylic acid groups (broad SMARTS) is 1. The molecule has 2 N–H and O–H groups in total. The normalized spacial score (nSPS) is 23.5. The Labute approximate surface area is 140 Å². The number of hydrogen-bond acceptors (Lipinski definition) is 3. The van der Waals surface area contributed by atoms with E-state index in [0.29, 0.717) is 31.4 Å². The van der Waals surface area contributed by atoms with Crippen LogP contribution < -0.4 is 5.32 Å². The van der Waals surface area contributed by atoms with Crippen LogP contribution in [0.2, 0.25) is 0 Å². The number of carboxylic acids is 1. The number of carbonyl (C=O) groups is 3. The molecule has 1 aromatic carbocycles. The van der Waals surface area contributed by atoms with E-state index in [1.807, 2.05) is 17.0 Å². The fourth-order valence-corrected chi connectivity index (χ4v) is 3.53. The van der Waals surface area contributed by atoms with Crippen LogP contribution in [-0.2, 0) is 16.1 Å². The molecule has 2 fully saturated rings. The fourth-order valence-electron chi connectivity index (χ4n) is 3.53. The van der Waals surface area contributed by atoms with E-state index in [2.05, 4.69) is 5.32 Å². The summed E-state index contributed by atoms with van der Waals surface area (Å²) < 4.78 is 0. The summed E-state index contributed by atoms with van der Waals surface area (Å²) in [6, 6.07) is 6.87. The number of carbonyl (C=O) groups excluding carboxylic acids is 2. The van der Waals surface area contributed by atoms with Gasteiger partial charge in [0, 0.05) is 31.1 Å². The van der Waals surface area contributed by atoms with Gasteiger partial charge in [0.15, 0.2) is 0 Å². The van der Waals surface area contributed by atoms with Gasteiger partial charge in [0.05, 0.1) is 5.92 Å². The first kappa shape index (κ1) is 16.5. The van der Waals surface area contributed by atoms with Crippen molar-refractivity contribution in [2.24, 2.45) is 5.92 Å². The van der Waals surface area contributed by atoms with Crippen molar-refractivity contribution in [1.82, 2.24) is 10.2 Å². The number of likely N-dealkylation sites (tertiary alicyclic amines) is 1. The summed E-state index contributed by atoms with van der Waals surface area (Å²) in [5, 5.41) is 12.0. The van der Waals surface area contributed by atoms with Crippen molar-refractivity contribution >= 4 is 17.8 Å². The predicted molar refractivity (Wildman–Crippen MR) is 87.3 cm³/mol. The molecule has 3 rings (SSSR count). The molecule has 0 spiro atoms. The zero-order chi connectivity index (χ0) is 17.1. The molecule has 2 amide bonds.